The standard InChI is InChI=1S/C9H13N3O3/c1-2-15-12-8(13)6-5-10-4-3-7(6)11-9(12)14/h10H,2-5H2,1H3,(H,11,14). The summed E-state index contributed by atoms with van der Waals surface area (Å²) in [6, 6.07) is 0. The summed E-state index contributed by atoms with van der Waals surface area (Å²) < 4.78 is 0.784. The van der Waals surface area contributed by atoms with Gasteiger partial charge in [0.25, 0.3) is 5.56 Å². The minimum Gasteiger partial charge on any atom is -0.406 e. The quantitative estimate of drug-likeness (QED) is 0.633. The largest absolute Gasteiger partial charge is 0.406 e. The van der Waals surface area contributed by atoms with Crippen molar-refractivity contribution in [2.24, 2.45) is 0 Å². The van der Waals surface area contributed by atoms with Crippen LogP contribution in [0.3, 0.4) is 0 Å². The first-order chi connectivity index (χ1) is 7.24. The van der Waals surface area contributed by atoms with Gasteiger partial charge in [0.05, 0.1) is 5.56 Å². The van der Waals surface area contributed by atoms with Crippen LogP contribution in [-0.4, -0.2) is 22.9 Å². The molecule has 1 aliphatic heterocycles. The van der Waals surface area contributed by atoms with Gasteiger partial charge in [-0.15, -0.1) is 0 Å². The summed E-state index contributed by atoms with van der Waals surface area (Å²) in [6.07, 6.45) is 0.673. The van der Waals surface area contributed by atoms with Gasteiger partial charge in [-0.1, -0.05) is 4.73 Å². The summed E-state index contributed by atoms with van der Waals surface area (Å²) in [5.41, 5.74) is 0.458. The molecule has 2 N–H and O–H groups in total. The molecule has 0 bridgehead atoms. The molecule has 1 aromatic heterocycles. The van der Waals surface area contributed by atoms with Crippen LogP contribution in [0.4, 0.5) is 0 Å². The maximum atomic E-state index is 11.8. The van der Waals surface area contributed by atoms with E-state index >= 15 is 0 Å². The summed E-state index contributed by atoms with van der Waals surface area (Å²) in [5.74, 6) is 0. The number of fused-ring (bicyclic) bond motifs is 1. The molecule has 6 heteroatoms. The zero-order valence-electron chi connectivity index (χ0n) is 8.50. The van der Waals surface area contributed by atoms with E-state index in [0.29, 0.717) is 18.5 Å². The van der Waals surface area contributed by atoms with Gasteiger partial charge in [0.2, 0.25) is 0 Å². The first kappa shape index (κ1) is 9.97. The average Bonchev–Trinajstić information content (AvgIpc) is 2.24. The third kappa shape index (κ3) is 1.68. The number of rotatable bonds is 2. The minimum absolute atomic E-state index is 0.287. The van der Waals surface area contributed by atoms with Crippen molar-refractivity contribution >= 4 is 0 Å². The average molecular weight is 211 g/mol. The Kier molecular flexibility index (Phi) is 2.59. The second-order valence-corrected chi connectivity index (χ2v) is 3.33. The zero-order chi connectivity index (χ0) is 10.8. The molecule has 0 aliphatic carbocycles. The first-order valence-corrected chi connectivity index (χ1v) is 4.95. The Morgan fingerprint density at radius 3 is 3.00 bits per heavy atom. The van der Waals surface area contributed by atoms with E-state index < -0.39 is 5.69 Å². The van der Waals surface area contributed by atoms with Gasteiger partial charge < -0.3 is 15.1 Å². The van der Waals surface area contributed by atoms with Gasteiger partial charge in [0.15, 0.2) is 0 Å². The summed E-state index contributed by atoms with van der Waals surface area (Å²) in [6.45, 7) is 3.28. The fraction of sp³-hybridized carbons (Fsp3) is 0.556. The van der Waals surface area contributed by atoms with Crippen molar-refractivity contribution in [2.45, 2.75) is 19.9 Å². The molecule has 6 nitrogen and oxygen atoms in total. The van der Waals surface area contributed by atoms with Gasteiger partial charge in [-0.3, -0.25) is 4.79 Å². The highest BCUT2D eigenvalue weighted by molar-refractivity contribution is 5.19. The van der Waals surface area contributed by atoms with E-state index in [1.807, 2.05) is 0 Å². The van der Waals surface area contributed by atoms with E-state index in [1.165, 1.54) is 0 Å². The molecule has 0 fully saturated rings. The lowest BCUT2D eigenvalue weighted by Gasteiger charge is -2.16. The number of H-pyrrole nitrogens is 1. The Bertz CT molecular complexity index is 474. The number of nitrogens with one attached hydrogen (secondary N) is 2. The Hall–Kier alpha value is -1.56. The molecule has 2 rings (SSSR count). The van der Waals surface area contributed by atoms with E-state index in [9.17, 15) is 9.59 Å². The minimum atomic E-state index is -0.498. The molecule has 2 heterocycles. The highest BCUT2D eigenvalue weighted by atomic mass is 16.7. The number of aromatic amines is 1. The van der Waals surface area contributed by atoms with Crippen molar-refractivity contribution in [3.05, 3.63) is 32.1 Å². The smallest absolute Gasteiger partial charge is 0.362 e. The second kappa shape index (κ2) is 3.90. The first-order valence-electron chi connectivity index (χ1n) is 4.95. The van der Waals surface area contributed by atoms with Gasteiger partial charge in [0.1, 0.15) is 6.61 Å². The van der Waals surface area contributed by atoms with Crippen LogP contribution in [0.1, 0.15) is 18.2 Å². The van der Waals surface area contributed by atoms with E-state index in [-0.39, 0.29) is 12.2 Å². The summed E-state index contributed by atoms with van der Waals surface area (Å²) >= 11 is 0. The van der Waals surface area contributed by atoms with Crippen LogP contribution in [0.15, 0.2) is 9.59 Å². The molecule has 0 saturated carbocycles. The van der Waals surface area contributed by atoms with Crippen molar-refractivity contribution < 1.29 is 4.84 Å². The number of hydrogen-bond donors (Lipinski definition) is 2. The molecule has 0 unspecified atom stereocenters. The van der Waals surface area contributed by atoms with Crippen LogP contribution in [0, 0.1) is 0 Å². The van der Waals surface area contributed by atoms with Crippen LogP contribution in [-0.2, 0) is 13.0 Å². The lowest BCUT2D eigenvalue weighted by molar-refractivity contribution is 0.100. The Balaban J connectivity index is 2.59. The van der Waals surface area contributed by atoms with E-state index in [4.69, 9.17) is 4.84 Å². The number of aromatic nitrogens is 2. The van der Waals surface area contributed by atoms with Crippen LogP contribution < -0.4 is 21.4 Å². The zero-order valence-corrected chi connectivity index (χ0v) is 8.50. The van der Waals surface area contributed by atoms with Crippen LogP contribution in [0.5, 0.6) is 0 Å². The Labute approximate surface area is 85.8 Å². The maximum Gasteiger partial charge on any atom is 0.362 e. The molecule has 15 heavy (non-hydrogen) atoms. The molecule has 0 radical (unpaired) electrons. The van der Waals surface area contributed by atoms with Crippen molar-refractivity contribution in [2.75, 3.05) is 13.2 Å². The van der Waals surface area contributed by atoms with Crippen LogP contribution in [0.2, 0.25) is 0 Å². The van der Waals surface area contributed by atoms with Gasteiger partial charge in [-0.05, 0) is 6.92 Å². The molecule has 1 aromatic rings. The lowest BCUT2D eigenvalue weighted by Crippen LogP contribution is -2.45. The number of nitrogens with zero attached hydrogens (tertiary/aromatic N) is 1. The predicted octanol–water partition coefficient (Wildman–Crippen LogP) is -1.37. The molecule has 0 saturated heterocycles. The van der Waals surface area contributed by atoms with E-state index in [2.05, 4.69) is 10.3 Å². The maximum absolute atomic E-state index is 11.8. The fourth-order valence-electron chi connectivity index (χ4n) is 1.67. The SMILES string of the molecule is CCOn1c(=O)[nH]c2c(c1=O)CNCC2. The van der Waals surface area contributed by atoms with Gasteiger partial charge >= 0.3 is 5.69 Å². The second-order valence-electron chi connectivity index (χ2n) is 3.33. The molecular weight excluding hydrogens is 198 g/mol. The highest BCUT2D eigenvalue weighted by Gasteiger charge is 2.17. The van der Waals surface area contributed by atoms with Crippen LogP contribution >= 0.6 is 0 Å². The summed E-state index contributed by atoms with van der Waals surface area (Å²) in [5, 5.41) is 3.08. The summed E-state index contributed by atoms with van der Waals surface area (Å²) in [7, 11) is 0. The molecule has 82 valence electrons. The van der Waals surface area contributed by atoms with Gasteiger partial charge in [0, 0.05) is 25.2 Å². The molecule has 0 atom stereocenters. The Morgan fingerprint density at radius 2 is 2.27 bits per heavy atom. The molecule has 0 aromatic carbocycles. The van der Waals surface area contributed by atoms with Crippen molar-refractivity contribution in [3.8, 4) is 0 Å². The van der Waals surface area contributed by atoms with E-state index in [0.717, 1.165) is 17.0 Å². The predicted molar refractivity (Wildman–Crippen MR) is 53.9 cm³/mol. The molecular formula is C9H13N3O3. The molecule has 0 amide bonds. The van der Waals surface area contributed by atoms with Crippen molar-refractivity contribution in [1.29, 1.82) is 0 Å². The monoisotopic (exact) mass is 211 g/mol. The number of hydrogen-bond acceptors (Lipinski definition) is 4. The normalized spacial score (nSPS) is 14.7. The third-order valence-electron chi connectivity index (χ3n) is 2.36. The lowest BCUT2D eigenvalue weighted by atomic mass is 10.1. The van der Waals surface area contributed by atoms with Gasteiger partial charge in [-0.25, -0.2) is 4.79 Å². The van der Waals surface area contributed by atoms with Gasteiger partial charge in [-0.2, -0.15) is 0 Å². The van der Waals surface area contributed by atoms with Crippen molar-refractivity contribution in [1.82, 2.24) is 15.0 Å². The Morgan fingerprint density at radius 1 is 1.47 bits per heavy atom. The van der Waals surface area contributed by atoms with E-state index in [1.54, 1.807) is 6.92 Å². The fourth-order valence-corrected chi connectivity index (χ4v) is 1.67. The summed E-state index contributed by atoms with van der Waals surface area (Å²) in [4.78, 5) is 30.9. The highest BCUT2D eigenvalue weighted by Crippen LogP contribution is 2.03. The van der Waals surface area contributed by atoms with Crippen molar-refractivity contribution in [3.63, 3.8) is 0 Å². The molecule has 0 spiro atoms. The third-order valence-corrected chi connectivity index (χ3v) is 2.36. The molecule has 1 aliphatic rings. The topological polar surface area (TPSA) is 76.1 Å². The van der Waals surface area contributed by atoms with Crippen LogP contribution in [0.25, 0.3) is 0 Å².